The summed E-state index contributed by atoms with van der Waals surface area (Å²) in [5.41, 5.74) is 1.08. The summed E-state index contributed by atoms with van der Waals surface area (Å²) in [4.78, 5) is 14.1. The number of aliphatic imine (C=N–C) groups is 1. The number of hydrogen-bond acceptors (Lipinski definition) is 4. The number of aryl methyl sites for hydroxylation is 1. The van der Waals surface area contributed by atoms with Gasteiger partial charge in [0.25, 0.3) is 0 Å². The summed E-state index contributed by atoms with van der Waals surface area (Å²) in [7, 11) is 1.78. The van der Waals surface area contributed by atoms with Crippen molar-refractivity contribution in [3.63, 3.8) is 0 Å². The maximum atomic E-state index is 4.35. The van der Waals surface area contributed by atoms with Crippen molar-refractivity contribution in [1.82, 2.24) is 20.6 Å². The van der Waals surface area contributed by atoms with Gasteiger partial charge in [-0.05, 0) is 19.1 Å². The third kappa shape index (κ3) is 6.69. The Morgan fingerprint density at radius 2 is 1.95 bits per heavy atom. The number of guanidine groups is 1. The lowest BCUT2D eigenvalue weighted by Crippen LogP contribution is -2.39. The van der Waals surface area contributed by atoms with Crippen molar-refractivity contribution < 1.29 is 0 Å². The van der Waals surface area contributed by atoms with E-state index in [0.717, 1.165) is 42.6 Å². The molecule has 22 heavy (non-hydrogen) atoms. The van der Waals surface area contributed by atoms with Crippen molar-refractivity contribution >= 4 is 41.3 Å². The molecule has 2 aromatic heterocycles. The normalized spacial score (nSPS) is 10.9. The van der Waals surface area contributed by atoms with E-state index in [-0.39, 0.29) is 24.0 Å². The molecule has 0 amide bonds. The van der Waals surface area contributed by atoms with Crippen LogP contribution in [0.2, 0.25) is 0 Å². The molecule has 2 N–H and O–H groups in total. The van der Waals surface area contributed by atoms with Gasteiger partial charge < -0.3 is 10.6 Å². The van der Waals surface area contributed by atoms with Crippen LogP contribution in [-0.4, -0.2) is 36.1 Å². The highest BCUT2D eigenvalue weighted by Gasteiger charge is 2.01. The topological polar surface area (TPSA) is 62.2 Å². The van der Waals surface area contributed by atoms with Gasteiger partial charge in [-0.1, -0.05) is 6.07 Å². The van der Waals surface area contributed by atoms with E-state index in [1.54, 1.807) is 18.4 Å². The van der Waals surface area contributed by atoms with Crippen molar-refractivity contribution in [3.8, 4) is 0 Å². The number of nitrogens with zero attached hydrogens (tertiary/aromatic N) is 3. The fraction of sp³-hybridized carbons (Fsp3) is 0.400. The van der Waals surface area contributed by atoms with Crippen LogP contribution in [0, 0.1) is 6.92 Å². The highest BCUT2D eigenvalue weighted by molar-refractivity contribution is 14.0. The largest absolute Gasteiger partial charge is 0.356 e. The molecular weight excluding hydrogens is 409 g/mol. The van der Waals surface area contributed by atoms with Crippen LogP contribution in [0.15, 0.2) is 35.6 Å². The molecule has 0 aliphatic heterocycles. The van der Waals surface area contributed by atoms with E-state index in [9.17, 15) is 0 Å². The molecule has 0 fully saturated rings. The first kappa shape index (κ1) is 18.8. The van der Waals surface area contributed by atoms with Crippen LogP contribution in [0.1, 0.15) is 15.6 Å². The summed E-state index contributed by atoms with van der Waals surface area (Å²) >= 11 is 1.74. The van der Waals surface area contributed by atoms with Gasteiger partial charge in [0.2, 0.25) is 0 Å². The van der Waals surface area contributed by atoms with Gasteiger partial charge in [0.05, 0.1) is 5.01 Å². The Morgan fingerprint density at radius 3 is 2.55 bits per heavy atom. The Labute approximate surface area is 152 Å². The van der Waals surface area contributed by atoms with Gasteiger partial charge in [0, 0.05) is 55.9 Å². The summed E-state index contributed by atoms with van der Waals surface area (Å²) in [6.45, 7) is 3.72. The fourth-order valence-electron chi connectivity index (χ4n) is 1.88. The predicted octanol–water partition coefficient (Wildman–Crippen LogP) is 2.41. The van der Waals surface area contributed by atoms with E-state index < -0.39 is 0 Å². The molecule has 0 aliphatic rings. The molecule has 7 heteroatoms. The minimum absolute atomic E-state index is 0. The Morgan fingerprint density at radius 1 is 1.18 bits per heavy atom. The quantitative estimate of drug-likeness (QED) is 0.419. The van der Waals surface area contributed by atoms with E-state index >= 15 is 0 Å². The van der Waals surface area contributed by atoms with Crippen LogP contribution in [-0.2, 0) is 12.8 Å². The van der Waals surface area contributed by atoms with E-state index in [0.29, 0.717) is 0 Å². The Hall–Kier alpha value is -1.22. The SMILES string of the molecule is CN=C(NCCc1ccccn1)NCCc1ncc(C)s1.I. The number of pyridine rings is 1. The molecule has 120 valence electrons. The van der Waals surface area contributed by atoms with E-state index in [1.165, 1.54) is 4.88 Å². The van der Waals surface area contributed by atoms with Gasteiger partial charge in [0.15, 0.2) is 5.96 Å². The van der Waals surface area contributed by atoms with Gasteiger partial charge in [-0.2, -0.15) is 0 Å². The van der Waals surface area contributed by atoms with Crippen LogP contribution in [0.25, 0.3) is 0 Å². The molecule has 0 spiro atoms. The highest BCUT2D eigenvalue weighted by Crippen LogP contribution is 2.10. The molecule has 0 unspecified atom stereocenters. The number of rotatable bonds is 6. The van der Waals surface area contributed by atoms with E-state index in [2.05, 4.69) is 32.5 Å². The van der Waals surface area contributed by atoms with Crippen LogP contribution in [0.5, 0.6) is 0 Å². The fourth-order valence-corrected chi connectivity index (χ4v) is 2.67. The van der Waals surface area contributed by atoms with Gasteiger partial charge in [0.1, 0.15) is 0 Å². The first-order chi connectivity index (χ1) is 10.3. The zero-order chi connectivity index (χ0) is 14.9. The van der Waals surface area contributed by atoms with Crippen molar-refractivity contribution in [2.24, 2.45) is 4.99 Å². The number of halogens is 1. The van der Waals surface area contributed by atoms with Gasteiger partial charge >= 0.3 is 0 Å². The molecule has 2 rings (SSSR count). The number of aromatic nitrogens is 2. The zero-order valence-electron chi connectivity index (χ0n) is 12.9. The standard InChI is InChI=1S/C15H21N5S.HI/c1-12-11-20-14(21-12)7-10-19-15(16-2)18-9-6-13-5-3-4-8-17-13;/h3-5,8,11H,6-7,9-10H2,1-2H3,(H2,16,18,19);1H. The first-order valence-corrected chi connectivity index (χ1v) is 7.85. The molecule has 5 nitrogen and oxygen atoms in total. The summed E-state index contributed by atoms with van der Waals surface area (Å²) in [5.74, 6) is 0.819. The Bertz CT molecular complexity index is 570. The Balaban J connectivity index is 0.00000242. The molecule has 0 aromatic carbocycles. The Kier molecular flexibility index (Phi) is 8.98. The summed E-state index contributed by atoms with van der Waals surface area (Å²) in [6, 6.07) is 5.96. The summed E-state index contributed by atoms with van der Waals surface area (Å²) in [5, 5.41) is 7.75. The maximum absolute atomic E-state index is 4.35. The van der Waals surface area contributed by atoms with Gasteiger partial charge in [-0.25, -0.2) is 4.98 Å². The minimum Gasteiger partial charge on any atom is -0.356 e. The van der Waals surface area contributed by atoms with Crippen molar-refractivity contribution in [3.05, 3.63) is 46.2 Å². The molecular formula is C15H22IN5S. The van der Waals surface area contributed by atoms with Crippen molar-refractivity contribution in [2.45, 2.75) is 19.8 Å². The summed E-state index contributed by atoms with van der Waals surface area (Å²) in [6.07, 6.45) is 5.53. The number of nitrogens with one attached hydrogen (secondary N) is 2. The smallest absolute Gasteiger partial charge is 0.191 e. The second-order valence-corrected chi connectivity index (χ2v) is 5.93. The van der Waals surface area contributed by atoms with Gasteiger partial charge in [-0.15, -0.1) is 35.3 Å². The maximum Gasteiger partial charge on any atom is 0.191 e. The lowest BCUT2D eigenvalue weighted by atomic mass is 10.3. The van der Waals surface area contributed by atoms with Gasteiger partial charge in [-0.3, -0.25) is 9.98 Å². The molecule has 2 aromatic rings. The predicted molar refractivity (Wildman–Crippen MR) is 103 cm³/mol. The molecule has 0 radical (unpaired) electrons. The third-order valence-electron chi connectivity index (χ3n) is 2.92. The lowest BCUT2D eigenvalue weighted by molar-refractivity contribution is 0.774. The van der Waals surface area contributed by atoms with E-state index in [1.807, 2.05) is 30.6 Å². The molecule has 0 aliphatic carbocycles. The molecule has 2 heterocycles. The van der Waals surface area contributed by atoms with Crippen molar-refractivity contribution in [2.75, 3.05) is 20.1 Å². The molecule has 0 saturated carbocycles. The average molecular weight is 431 g/mol. The number of thiazole rings is 1. The second-order valence-electron chi connectivity index (χ2n) is 4.61. The van der Waals surface area contributed by atoms with Crippen LogP contribution >= 0.6 is 35.3 Å². The van der Waals surface area contributed by atoms with Crippen molar-refractivity contribution in [1.29, 1.82) is 0 Å². The van der Waals surface area contributed by atoms with Crippen LogP contribution in [0.4, 0.5) is 0 Å². The zero-order valence-corrected chi connectivity index (χ0v) is 16.0. The van der Waals surface area contributed by atoms with E-state index in [4.69, 9.17) is 0 Å². The summed E-state index contributed by atoms with van der Waals surface area (Å²) < 4.78 is 0. The number of hydrogen-bond donors (Lipinski definition) is 2. The van der Waals surface area contributed by atoms with Crippen LogP contribution < -0.4 is 10.6 Å². The lowest BCUT2D eigenvalue weighted by Gasteiger charge is -2.11. The molecule has 0 atom stereocenters. The average Bonchev–Trinajstić information content (AvgIpc) is 2.92. The second kappa shape index (κ2) is 10.5. The monoisotopic (exact) mass is 431 g/mol. The van der Waals surface area contributed by atoms with Crippen LogP contribution in [0.3, 0.4) is 0 Å². The molecule has 0 saturated heterocycles. The minimum atomic E-state index is 0. The molecule has 0 bridgehead atoms. The first-order valence-electron chi connectivity index (χ1n) is 7.03. The third-order valence-corrected chi connectivity index (χ3v) is 3.90. The highest BCUT2D eigenvalue weighted by atomic mass is 127.